The summed E-state index contributed by atoms with van der Waals surface area (Å²) in [5, 5.41) is 28.8. The summed E-state index contributed by atoms with van der Waals surface area (Å²) in [6.45, 7) is 1.07. The van der Waals surface area contributed by atoms with Crippen LogP contribution in [0.5, 0.6) is 0 Å². The Morgan fingerprint density at radius 3 is 2.00 bits per heavy atom. The van der Waals surface area contributed by atoms with Crippen molar-refractivity contribution in [3.05, 3.63) is 35.5 Å². The summed E-state index contributed by atoms with van der Waals surface area (Å²) in [6, 6.07) is 9.89. The number of anilines is 1. The molecule has 0 bridgehead atoms. The van der Waals surface area contributed by atoms with Gasteiger partial charge < -0.3 is 5.32 Å². The Hall–Kier alpha value is -3.35. The van der Waals surface area contributed by atoms with E-state index in [1.807, 2.05) is 4.72 Å². The van der Waals surface area contributed by atoms with Crippen LogP contribution in [-0.4, -0.2) is 14.3 Å². The normalized spacial score (nSPS) is 9.55. The number of allylic oxidation sites excluding steroid dienone is 2. The lowest BCUT2D eigenvalue weighted by Crippen LogP contribution is -2.28. The van der Waals surface area contributed by atoms with E-state index in [1.54, 1.807) is 18.2 Å². The fourth-order valence-corrected chi connectivity index (χ4v) is 2.38. The van der Waals surface area contributed by atoms with Crippen molar-refractivity contribution in [1.82, 2.24) is 4.72 Å². The maximum Gasteiger partial charge on any atom is 0.264 e. The molecule has 1 aromatic rings. The van der Waals surface area contributed by atoms with Crippen molar-refractivity contribution in [1.29, 1.82) is 15.8 Å². The molecule has 110 valence electrons. The van der Waals surface area contributed by atoms with Gasteiger partial charge in [-0.25, -0.2) is 13.1 Å². The van der Waals surface area contributed by atoms with E-state index < -0.39 is 21.5 Å². The van der Waals surface area contributed by atoms with Crippen molar-refractivity contribution >= 4 is 21.6 Å². The first-order valence-corrected chi connectivity index (χ1v) is 7.17. The van der Waals surface area contributed by atoms with E-state index in [4.69, 9.17) is 15.8 Å². The molecule has 0 spiro atoms. The highest BCUT2D eigenvalue weighted by Crippen LogP contribution is 2.16. The summed E-state index contributed by atoms with van der Waals surface area (Å²) in [4.78, 5) is 10.7. The third kappa shape index (κ3) is 4.07. The van der Waals surface area contributed by atoms with Crippen LogP contribution in [0, 0.1) is 34.0 Å². The van der Waals surface area contributed by atoms with E-state index in [0.717, 1.165) is 6.92 Å². The number of benzene rings is 1. The summed E-state index contributed by atoms with van der Waals surface area (Å²) in [5.74, 6) is -0.718. The molecule has 1 amide bonds. The smallest absolute Gasteiger partial charge is 0.264 e. The van der Waals surface area contributed by atoms with Crippen LogP contribution in [0.15, 0.2) is 40.4 Å². The van der Waals surface area contributed by atoms with Gasteiger partial charge in [0.25, 0.3) is 10.0 Å². The monoisotopic (exact) mass is 315 g/mol. The quantitative estimate of drug-likeness (QED) is 0.779. The molecule has 1 aromatic carbocycles. The second kappa shape index (κ2) is 6.89. The lowest BCUT2D eigenvalue weighted by molar-refractivity contribution is -0.117. The van der Waals surface area contributed by atoms with Crippen LogP contribution < -0.4 is 10.0 Å². The number of carbonyl (C=O) groups excluding carboxylic acids is 1. The second-order valence-corrected chi connectivity index (χ2v) is 5.58. The molecule has 0 heterocycles. The highest BCUT2D eigenvalue weighted by molar-refractivity contribution is 7.90. The topological polar surface area (TPSA) is 147 Å². The Labute approximate surface area is 126 Å². The number of amides is 1. The molecule has 0 atom stereocenters. The van der Waals surface area contributed by atoms with Crippen molar-refractivity contribution in [2.24, 2.45) is 0 Å². The average molecular weight is 315 g/mol. The van der Waals surface area contributed by atoms with Crippen LogP contribution in [0.1, 0.15) is 6.92 Å². The zero-order chi connectivity index (χ0) is 16.8. The van der Waals surface area contributed by atoms with Gasteiger partial charge in [-0.15, -0.1) is 0 Å². The minimum absolute atomic E-state index is 0.142. The van der Waals surface area contributed by atoms with Crippen LogP contribution >= 0.6 is 0 Å². The van der Waals surface area contributed by atoms with Crippen LogP contribution in [-0.2, 0) is 14.8 Å². The summed E-state index contributed by atoms with van der Waals surface area (Å²) in [5.41, 5.74) is -0.332. The number of nitriles is 3. The Bertz CT molecular complexity index is 833. The van der Waals surface area contributed by atoms with Crippen molar-refractivity contribution in [2.45, 2.75) is 11.8 Å². The molecule has 8 nitrogen and oxygen atoms in total. The van der Waals surface area contributed by atoms with Gasteiger partial charge in [-0.3, -0.25) is 4.79 Å². The predicted octanol–water partition coefficient (Wildman–Crippen LogP) is 0.748. The molecule has 0 aliphatic heterocycles. The number of sulfonamides is 1. The van der Waals surface area contributed by atoms with Gasteiger partial charge in [-0.2, -0.15) is 15.8 Å². The molecule has 0 aromatic heterocycles. The first kappa shape index (κ1) is 16.7. The zero-order valence-corrected chi connectivity index (χ0v) is 12.1. The highest BCUT2D eigenvalue weighted by atomic mass is 32.2. The molecular weight excluding hydrogens is 306 g/mol. The van der Waals surface area contributed by atoms with E-state index in [2.05, 4.69) is 5.32 Å². The Morgan fingerprint density at radius 2 is 1.59 bits per heavy atom. The fourth-order valence-electron chi connectivity index (χ4n) is 1.39. The van der Waals surface area contributed by atoms with E-state index in [0.29, 0.717) is 5.69 Å². The molecule has 0 saturated carbocycles. The largest absolute Gasteiger partial charge is 0.345 e. The molecule has 0 aliphatic carbocycles. The number of hydrogen-bond acceptors (Lipinski definition) is 7. The van der Waals surface area contributed by atoms with Gasteiger partial charge in [0, 0.05) is 12.6 Å². The summed E-state index contributed by atoms with van der Waals surface area (Å²) in [7, 11) is -3.95. The van der Waals surface area contributed by atoms with E-state index in [1.165, 1.54) is 24.3 Å². The standard InChI is InChI=1S/C13H9N5O3S/c1-9(19)18-22(20,21)12-4-2-11(3-5-12)17-13(8-16)10(6-14)7-15/h2-5,17H,1H3,(H,18,19). The number of carbonyl (C=O) groups is 1. The number of hydrogen-bond donors (Lipinski definition) is 2. The van der Waals surface area contributed by atoms with Crippen molar-refractivity contribution < 1.29 is 13.2 Å². The van der Waals surface area contributed by atoms with Crippen molar-refractivity contribution in [3.63, 3.8) is 0 Å². The third-order valence-corrected chi connectivity index (χ3v) is 3.75. The summed E-state index contributed by atoms with van der Waals surface area (Å²) >= 11 is 0. The number of nitrogens with zero attached hydrogens (tertiary/aromatic N) is 3. The van der Waals surface area contributed by atoms with Gasteiger partial charge in [0.2, 0.25) is 5.91 Å². The molecule has 9 heteroatoms. The first-order chi connectivity index (χ1) is 10.3. The minimum atomic E-state index is -3.95. The SMILES string of the molecule is CC(=O)NS(=O)(=O)c1ccc(NC(C#N)=C(C#N)C#N)cc1. The molecule has 0 saturated heterocycles. The maximum absolute atomic E-state index is 11.7. The Morgan fingerprint density at radius 1 is 1.05 bits per heavy atom. The van der Waals surface area contributed by atoms with E-state index in [9.17, 15) is 13.2 Å². The zero-order valence-electron chi connectivity index (χ0n) is 11.3. The Balaban J connectivity index is 3.08. The van der Waals surface area contributed by atoms with Gasteiger partial charge in [-0.05, 0) is 24.3 Å². The van der Waals surface area contributed by atoms with Crippen LogP contribution in [0.3, 0.4) is 0 Å². The van der Waals surface area contributed by atoms with Gasteiger partial charge in [0.15, 0.2) is 5.57 Å². The summed E-state index contributed by atoms with van der Waals surface area (Å²) < 4.78 is 25.3. The maximum atomic E-state index is 11.7. The van der Waals surface area contributed by atoms with E-state index in [-0.39, 0.29) is 10.6 Å². The third-order valence-electron chi connectivity index (χ3n) is 2.30. The van der Waals surface area contributed by atoms with E-state index >= 15 is 0 Å². The molecule has 0 aliphatic rings. The first-order valence-electron chi connectivity index (χ1n) is 5.69. The lowest BCUT2D eigenvalue weighted by Gasteiger charge is -2.07. The number of rotatable bonds is 4. The second-order valence-electron chi connectivity index (χ2n) is 3.90. The van der Waals surface area contributed by atoms with Crippen LogP contribution in [0.25, 0.3) is 0 Å². The predicted molar refractivity (Wildman–Crippen MR) is 74.9 cm³/mol. The molecule has 0 unspecified atom stereocenters. The molecular formula is C13H9N5O3S. The molecule has 2 N–H and O–H groups in total. The van der Waals surface area contributed by atoms with Gasteiger partial charge in [0.1, 0.15) is 23.9 Å². The lowest BCUT2D eigenvalue weighted by atomic mass is 10.2. The molecule has 22 heavy (non-hydrogen) atoms. The minimum Gasteiger partial charge on any atom is -0.345 e. The highest BCUT2D eigenvalue weighted by Gasteiger charge is 2.15. The molecule has 0 radical (unpaired) electrons. The molecule has 0 fully saturated rings. The van der Waals surface area contributed by atoms with Gasteiger partial charge in [0.05, 0.1) is 4.90 Å². The van der Waals surface area contributed by atoms with Crippen molar-refractivity contribution in [3.8, 4) is 18.2 Å². The van der Waals surface area contributed by atoms with Crippen LogP contribution in [0.4, 0.5) is 5.69 Å². The Kier molecular flexibility index (Phi) is 5.23. The summed E-state index contributed by atoms with van der Waals surface area (Å²) in [6.07, 6.45) is 0. The van der Waals surface area contributed by atoms with Crippen LogP contribution in [0.2, 0.25) is 0 Å². The average Bonchev–Trinajstić information content (AvgIpc) is 2.46. The van der Waals surface area contributed by atoms with Gasteiger partial charge >= 0.3 is 0 Å². The fraction of sp³-hybridized carbons (Fsp3) is 0.0769. The van der Waals surface area contributed by atoms with Crippen molar-refractivity contribution in [2.75, 3.05) is 5.32 Å². The van der Waals surface area contributed by atoms with Gasteiger partial charge in [-0.1, -0.05) is 0 Å². The number of nitrogens with one attached hydrogen (secondary N) is 2. The molecule has 1 rings (SSSR count).